The van der Waals surface area contributed by atoms with Gasteiger partial charge in [-0.2, -0.15) is 0 Å². The number of hydrogen-bond acceptors (Lipinski definition) is 5. The van der Waals surface area contributed by atoms with E-state index in [1.165, 1.54) is 0 Å². The van der Waals surface area contributed by atoms with Crippen LogP contribution in [0.15, 0.2) is 42.5 Å². The highest BCUT2D eigenvalue weighted by Gasteiger charge is 2.48. The third kappa shape index (κ3) is 2.61. The average Bonchev–Trinajstić information content (AvgIpc) is 3.25. The number of aromatic nitrogens is 1. The number of piperazine rings is 1. The number of fused-ring (bicyclic) bond motifs is 5. The highest BCUT2D eigenvalue weighted by atomic mass is 16.7. The molecule has 3 N–H and O–H groups in total. The van der Waals surface area contributed by atoms with Crippen molar-refractivity contribution < 1.29 is 19.1 Å². The van der Waals surface area contributed by atoms with Crippen molar-refractivity contribution in [1.82, 2.24) is 14.9 Å². The van der Waals surface area contributed by atoms with Crippen molar-refractivity contribution in [3.05, 3.63) is 59.3 Å². The minimum Gasteiger partial charge on any atom is -0.468 e. The number of benzene rings is 2. The molecule has 0 saturated carbocycles. The van der Waals surface area contributed by atoms with Crippen molar-refractivity contribution in [3.8, 4) is 11.5 Å². The Morgan fingerprint density at radius 1 is 1.10 bits per heavy atom. The fourth-order valence-corrected chi connectivity index (χ4v) is 4.86. The van der Waals surface area contributed by atoms with Crippen LogP contribution in [0.25, 0.3) is 10.9 Å². The molecule has 4 heterocycles. The Labute approximate surface area is 180 Å². The maximum Gasteiger partial charge on any atom is 0.260 e. The maximum atomic E-state index is 13.1. The van der Waals surface area contributed by atoms with Crippen LogP contribution in [-0.2, 0) is 16.0 Å². The Morgan fingerprint density at radius 3 is 2.71 bits per heavy atom. The Balaban J connectivity index is 1.56. The van der Waals surface area contributed by atoms with E-state index in [-0.39, 0.29) is 18.4 Å². The van der Waals surface area contributed by atoms with Gasteiger partial charge in [-0.05, 0) is 29.3 Å². The van der Waals surface area contributed by atoms with E-state index < -0.39 is 17.7 Å². The number of nitrogens with two attached hydrogens (primary N) is 1. The standard InChI is InChI=1S/C21H16B2N4O4/c22-21(23)30-15-6-5-10(7-16(15)31-21)19-18-12(11-3-1-2-4-13(11)25-18)8-14-20(29)26(24)9-17(28)27(14)19/h1-7,14,19,25H,8-9,24H2/t14-,19-/m1/s1. The first-order valence-corrected chi connectivity index (χ1v) is 9.89. The minimum atomic E-state index is -1.75. The second-order valence-corrected chi connectivity index (χ2v) is 8.08. The Kier molecular flexibility index (Phi) is 3.60. The monoisotopic (exact) mass is 410 g/mol. The van der Waals surface area contributed by atoms with Crippen molar-refractivity contribution in [2.75, 3.05) is 6.54 Å². The van der Waals surface area contributed by atoms with Crippen molar-refractivity contribution in [2.24, 2.45) is 5.84 Å². The Morgan fingerprint density at radius 2 is 1.87 bits per heavy atom. The number of carbonyl (C=O) groups is 2. The lowest BCUT2D eigenvalue weighted by atomic mass is 9.76. The second-order valence-electron chi connectivity index (χ2n) is 8.08. The molecule has 0 bridgehead atoms. The number of nitrogens with zero attached hydrogens (tertiary/aromatic N) is 2. The predicted octanol–water partition coefficient (Wildman–Crippen LogP) is 0.446. The number of rotatable bonds is 1. The molecule has 0 spiro atoms. The van der Waals surface area contributed by atoms with Crippen LogP contribution >= 0.6 is 0 Å². The largest absolute Gasteiger partial charge is 0.468 e. The molecule has 1 fully saturated rings. The molecule has 0 aliphatic carbocycles. The smallest absolute Gasteiger partial charge is 0.260 e. The first-order chi connectivity index (χ1) is 14.8. The molecule has 8 nitrogen and oxygen atoms in total. The summed E-state index contributed by atoms with van der Waals surface area (Å²) in [6, 6.07) is 11.9. The van der Waals surface area contributed by atoms with Crippen LogP contribution in [0, 0.1) is 0 Å². The molecule has 3 aliphatic rings. The highest BCUT2D eigenvalue weighted by Crippen LogP contribution is 2.45. The number of hydrazine groups is 1. The summed E-state index contributed by atoms with van der Waals surface area (Å²) < 4.78 is 10.9. The summed E-state index contributed by atoms with van der Waals surface area (Å²) >= 11 is 0. The van der Waals surface area contributed by atoms with Gasteiger partial charge in [0.25, 0.3) is 5.91 Å². The molecule has 2 amide bonds. The zero-order valence-corrected chi connectivity index (χ0v) is 16.4. The number of ether oxygens (including phenoxy) is 2. The van der Waals surface area contributed by atoms with E-state index in [1.807, 2.05) is 30.3 Å². The summed E-state index contributed by atoms with van der Waals surface area (Å²) in [4.78, 5) is 31.1. The van der Waals surface area contributed by atoms with E-state index in [0.29, 0.717) is 17.9 Å². The SMILES string of the molecule is [B]C1([B])Oc2ccc([C@@H]3c4[nH]c5ccccc5c4C[C@@H]4C(=O)N(N)CC(=O)N34)cc2O1. The van der Waals surface area contributed by atoms with Crippen molar-refractivity contribution in [3.63, 3.8) is 0 Å². The molecule has 1 saturated heterocycles. The van der Waals surface area contributed by atoms with Crippen LogP contribution in [0.3, 0.4) is 0 Å². The molecular formula is C21H16B2N4O4. The maximum absolute atomic E-state index is 13.1. The fourth-order valence-electron chi connectivity index (χ4n) is 4.86. The summed E-state index contributed by atoms with van der Waals surface area (Å²) in [7, 11) is 11.5. The van der Waals surface area contributed by atoms with Crippen molar-refractivity contribution in [1.29, 1.82) is 0 Å². The van der Waals surface area contributed by atoms with Gasteiger partial charge in [0.05, 0.1) is 6.04 Å². The van der Waals surface area contributed by atoms with Gasteiger partial charge in [0, 0.05) is 23.0 Å². The first kappa shape index (κ1) is 18.4. The van der Waals surface area contributed by atoms with Crippen LogP contribution in [0.2, 0.25) is 0 Å². The molecule has 6 rings (SSSR count). The molecule has 2 atom stereocenters. The van der Waals surface area contributed by atoms with Gasteiger partial charge in [0.1, 0.15) is 12.6 Å². The number of para-hydroxylation sites is 1. The Hall–Kier alpha value is -3.39. The summed E-state index contributed by atoms with van der Waals surface area (Å²) in [6.07, 6.45) is 0.382. The lowest BCUT2D eigenvalue weighted by Crippen LogP contribution is -2.64. The van der Waals surface area contributed by atoms with Crippen LogP contribution in [-0.4, -0.2) is 60.6 Å². The molecule has 4 radical (unpaired) electrons. The predicted molar refractivity (Wildman–Crippen MR) is 112 cm³/mol. The molecule has 31 heavy (non-hydrogen) atoms. The van der Waals surface area contributed by atoms with Gasteiger partial charge in [0.15, 0.2) is 32.8 Å². The van der Waals surface area contributed by atoms with Gasteiger partial charge in [0.2, 0.25) is 5.91 Å². The van der Waals surface area contributed by atoms with Crippen LogP contribution in [0.1, 0.15) is 22.9 Å². The number of nitrogens with one attached hydrogen (secondary N) is 1. The molecule has 3 aromatic rings. The zero-order valence-electron chi connectivity index (χ0n) is 16.4. The van der Waals surface area contributed by atoms with Gasteiger partial charge >= 0.3 is 0 Å². The summed E-state index contributed by atoms with van der Waals surface area (Å²) in [5.74, 6) is 6.10. The zero-order chi connectivity index (χ0) is 21.5. The number of H-pyrrole nitrogens is 1. The molecular weight excluding hydrogens is 394 g/mol. The Bertz CT molecular complexity index is 1270. The van der Waals surface area contributed by atoms with Crippen molar-refractivity contribution in [2.45, 2.75) is 24.1 Å². The fraction of sp³-hybridized carbons (Fsp3) is 0.238. The third-order valence-electron chi connectivity index (χ3n) is 6.12. The van der Waals surface area contributed by atoms with Gasteiger partial charge < -0.3 is 19.4 Å². The molecule has 3 aliphatic heterocycles. The van der Waals surface area contributed by atoms with E-state index in [9.17, 15) is 9.59 Å². The number of hydrogen-bond donors (Lipinski definition) is 2. The highest BCUT2D eigenvalue weighted by molar-refractivity contribution is 6.38. The molecule has 0 unspecified atom stereocenters. The average molecular weight is 410 g/mol. The number of carbonyl (C=O) groups excluding carboxylic acids is 2. The number of amides is 2. The molecule has 1 aromatic heterocycles. The topological polar surface area (TPSA) is 101 Å². The van der Waals surface area contributed by atoms with E-state index in [2.05, 4.69) is 4.98 Å². The summed E-state index contributed by atoms with van der Waals surface area (Å²) in [6.45, 7) is -0.180. The quantitative estimate of drug-likeness (QED) is 0.345. The van der Waals surface area contributed by atoms with E-state index in [4.69, 9.17) is 31.0 Å². The van der Waals surface area contributed by atoms with E-state index >= 15 is 0 Å². The van der Waals surface area contributed by atoms with Crippen LogP contribution in [0.4, 0.5) is 0 Å². The lowest BCUT2D eigenvalue weighted by Gasteiger charge is -2.46. The third-order valence-corrected chi connectivity index (χ3v) is 6.12. The normalized spacial score (nSPS) is 23.8. The lowest BCUT2D eigenvalue weighted by molar-refractivity contribution is -0.158. The van der Waals surface area contributed by atoms with Gasteiger partial charge in [-0.3, -0.25) is 14.6 Å². The van der Waals surface area contributed by atoms with Crippen molar-refractivity contribution >= 4 is 38.4 Å². The summed E-state index contributed by atoms with van der Waals surface area (Å²) in [5, 5.41) is 2.01. The summed E-state index contributed by atoms with van der Waals surface area (Å²) in [5.41, 5.74) is 1.77. The first-order valence-electron chi connectivity index (χ1n) is 9.89. The van der Waals surface area contributed by atoms with E-state index in [0.717, 1.165) is 32.7 Å². The second kappa shape index (κ2) is 6.07. The van der Waals surface area contributed by atoms with Gasteiger partial charge in [-0.25, -0.2) is 5.84 Å². The minimum absolute atomic E-state index is 0.180. The van der Waals surface area contributed by atoms with E-state index in [1.54, 1.807) is 17.0 Å². The molecule has 150 valence electrons. The van der Waals surface area contributed by atoms with Gasteiger partial charge in [-0.15, -0.1) is 0 Å². The number of aromatic amines is 1. The van der Waals surface area contributed by atoms with Gasteiger partial charge in [-0.1, -0.05) is 24.3 Å². The van der Waals surface area contributed by atoms with Crippen LogP contribution in [0.5, 0.6) is 11.5 Å². The molecule has 10 heteroatoms. The van der Waals surface area contributed by atoms with Crippen LogP contribution < -0.4 is 15.3 Å². The molecule has 2 aromatic carbocycles.